The van der Waals surface area contributed by atoms with E-state index in [1.807, 2.05) is 0 Å². The molecule has 3 rings (SSSR count). The molecule has 3 aromatic rings. The number of rotatable bonds is 5. The minimum Gasteiger partial charge on any atom is -0.356 e. The molecule has 7 nitrogen and oxygen atoms in total. The molecule has 0 spiro atoms. The van der Waals surface area contributed by atoms with Crippen LogP contribution in [0.5, 0.6) is 0 Å². The van der Waals surface area contributed by atoms with Crippen molar-refractivity contribution in [3.63, 3.8) is 0 Å². The number of hydrogen-bond acceptors (Lipinski definition) is 5. The van der Waals surface area contributed by atoms with Crippen molar-refractivity contribution in [2.24, 2.45) is 0 Å². The zero-order valence-corrected chi connectivity index (χ0v) is 13.7. The Hall–Kier alpha value is -3.55. The van der Waals surface area contributed by atoms with Gasteiger partial charge in [0.1, 0.15) is 11.5 Å². The number of nitro groups is 1. The minimum atomic E-state index is -0.537. The van der Waals surface area contributed by atoms with E-state index in [1.54, 1.807) is 25.1 Å². The Morgan fingerprint density at radius 1 is 1.27 bits per heavy atom. The van der Waals surface area contributed by atoms with Gasteiger partial charge in [-0.3, -0.25) is 14.9 Å². The van der Waals surface area contributed by atoms with Gasteiger partial charge in [0.25, 0.3) is 11.6 Å². The van der Waals surface area contributed by atoms with Crippen molar-refractivity contribution >= 4 is 11.6 Å². The van der Waals surface area contributed by atoms with E-state index in [2.05, 4.69) is 10.5 Å². The molecular weight excluding hydrogens is 341 g/mol. The molecule has 26 heavy (non-hydrogen) atoms. The van der Waals surface area contributed by atoms with E-state index in [1.165, 1.54) is 30.3 Å². The number of nitrogens with one attached hydrogen (secondary N) is 1. The largest absolute Gasteiger partial charge is 0.356 e. The van der Waals surface area contributed by atoms with E-state index in [0.29, 0.717) is 11.3 Å². The van der Waals surface area contributed by atoms with Crippen LogP contribution in [-0.4, -0.2) is 16.0 Å². The first kappa shape index (κ1) is 17.3. The number of aryl methyl sites for hydroxylation is 1. The Kier molecular flexibility index (Phi) is 4.74. The monoisotopic (exact) mass is 355 g/mol. The average molecular weight is 355 g/mol. The maximum atomic E-state index is 13.7. The lowest BCUT2D eigenvalue weighted by molar-refractivity contribution is -0.385. The molecule has 0 saturated carbocycles. The van der Waals surface area contributed by atoms with Gasteiger partial charge >= 0.3 is 0 Å². The number of benzene rings is 2. The Bertz CT molecular complexity index is 984. The zero-order chi connectivity index (χ0) is 18.7. The van der Waals surface area contributed by atoms with E-state index >= 15 is 0 Å². The quantitative estimate of drug-likeness (QED) is 0.557. The summed E-state index contributed by atoms with van der Waals surface area (Å²) in [6, 6.07) is 11.9. The van der Waals surface area contributed by atoms with Gasteiger partial charge in [0, 0.05) is 23.3 Å². The van der Waals surface area contributed by atoms with Crippen LogP contribution in [0, 0.1) is 22.9 Å². The minimum absolute atomic E-state index is 0.0401. The maximum absolute atomic E-state index is 13.7. The highest BCUT2D eigenvalue weighted by molar-refractivity contribution is 5.94. The van der Waals surface area contributed by atoms with Crippen molar-refractivity contribution < 1.29 is 18.6 Å². The highest BCUT2D eigenvalue weighted by atomic mass is 19.1. The van der Waals surface area contributed by atoms with Crippen molar-refractivity contribution in [1.29, 1.82) is 0 Å². The fourth-order valence-corrected chi connectivity index (χ4v) is 2.40. The molecule has 0 atom stereocenters. The summed E-state index contributed by atoms with van der Waals surface area (Å²) in [7, 11) is 0. The second kappa shape index (κ2) is 7.14. The average Bonchev–Trinajstić information content (AvgIpc) is 3.09. The number of hydrogen-bond donors (Lipinski definition) is 1. The predicted molar refractivity (Wildman–Crippen MR) is 90.9 cm³/mol. The van der Waals surface area contributed by atoms with E-state index in [0.717, 1.165) is 0 Å². The molecule has 2 aromatic carbocycles. The Labute approximate surface area is 147 Å². The van der Waals surface area contributed by atoms with Gasteiger partial charge in [-0.05, 0) is 25.1 Å². The lowest BCUT2D eigenvalue weighted by atomic mass is 10.1. The standard InChI is InChI=1S/C18H14FN3O4/c1-11-6-7-12(8-16(11)22(24)25)18(23)20-10-13-9-17(26-21-13)14-4-2-3-5-15(14)19/h2-9H,10H2,1H3,(H,20,23). The summed E-state index contributed by atoms with van der Waals surface area (Å²) in [5, 5.41) is 17.4. The van der Waals surface area contributed by atoms with Crippen molar-refractivity contribution in [2.75, 3.05) is 0 Å². The van der Waals surface area contributed by atoms with E-state index < -0.39 is 16.6 Å². The molecule has 0 radical (unpaired) electrons. The summed E-state index contributed by atoms with van der Waals surface area (Å²) >= 11 is 0. The fourth-order valence-electron chi connectivity index (χ4n) is 2.40. The first-order chi connectivity index (χ1) is 12.5. The smallest absolute Gasteiger partial charge is 0.273 e. The molecule has 0 saturated heterocycles. The van der Waals surface area contributed by atoms with Crippen LogP contribution in [0.15, 0.2) is 53.1 Å². The van der Waals surface area contributed by atoms with Crippen molar-refractivity contribution in [3.8, 4) is 11.3 Å². The van der Waals surface area contributed by atoms with Gasteiger partial charge in [-0.1, -0.05) is 23.4 Å². The number of amides is 1. The number of nitrogens with zero attached hydrogens (tertiary/aromatic N) is 2. The predicted octanol–water partition coefficient (Wildman–Crippen LogP) is 3.63. The molecule has 1 aromatic heterocycles. The van der Waals surface area contributed by atoms with Gasteiger partial charge in [0.05, 0.1) is 17.0 Å². The second-order valence-electron chi connectivity index (χ2n) is 5.60. The van der Waals surface area contributed by atoms with Crippen LogP contribution in [0.25, 0.3) is 11.3 Å². The molecule has 8 heteroatoms. The van der Waals surface area contributed by atoms with Gasteiger partial charge in [-0.2, -0.15) is 0 Å². The summed E-state index contributed by atoms with van der Waals surface area (Å²) in [4.78, 5) is 22.6. The summed E-state index contributed by atoms with van der Waals surface area (Å²) in [6.07, 6.45) is 0. The summed E-state index contributed by atoms with van der Waals surface area (Å²) in [5.74, 6) is -0.673. The first-order valence-electron chi connectivity index (χ1n) is 7.69. The topological polar surface area (TPSA) is 98.3 Å². The summed E-state index contributed by atoms with van der Waals surface area (Å²) in [5.41, 5.74) is 1.18. The molecule has 0 bridgehead atoms. The van der Waals surface area contributed by atoms with Crippen molar-refractivity contribution in [1.82, 2.24) is 10.5 Å². The van der Waals surface area contributed by atoms with Crippen LogP contribution in [0.4, 0.5) is 10.1 Å². The molecule has 0 unspecified atom stereocenters. The molecule has 0 aliphatic rings. The lowest BCUT2D eigenvalue weighted by Gasteiger charge is -2.04. The van der Waals surface area contributed by atoms with E-state index in [9.17, 15) is 19.3 Å². The van der Waals surface area contributed by atoms with Gasteiger partial charge < -0.3 is 9.84 Å². The Morgan fingerprint density at radius 2 is 2.04 bits per heavy atom. The van der Waals surface area contributed by atoms with Crippen LogP contribution in [-0.2, 0) is 6.54 Å². The zero-order valence-electron chi connectivity index (χ0n) is 13.7. The molecule has 1 N–H and O–H groups in total. The van der Waals surface area contributed by atoms with Crippen molar-refractivity contribution in [3.05, 3.63) is 81.3 Å². The molecular formula is C18H14FN3O4. The molecule has 132 valence electrons. The SMILES string of the molecule is Cc1ccc(C(=O)NCc2cc(-c3ccccc3F)on2)cc1[N+](=O)[O-]. The van der Waals surface area contributed by atoms with Gasteiger partial charge in [-0.15, -0.1) is 0 Å². The number of carbonyl (C=O) groups is 1. The molecule has 0 fully saturated rings. The third kappa shape index (κ3) is 3.59. The van der Waals surface area contributed by atoms with E-state index in [-0.39, 0.29) is 29.1 Å². The number of aromatic nitrogens is 1. The maximum Gasteiger partial charge on any atom is 0.273 e. The number of halogens is 1. The summed E-state index contributed by atoms with van der Waals surface area (Å²) < 4.78 is 18.8. The van der Waals surface area contributed by atoms with Crippen LogP contribution >= 0.6 is 0 Å². The summed E-state index contributed by atoms with van der Waals surface area (Å²) in [6.45, 7) is 1.64. The van der Waals surface area contributed by atoms with Crippen molar-refractivity contribution in [2.45, 2.75) is 13.5 Å². The molecule has 1 heterocycles. The fraction of sp³-hybridized carbons (Fsp3) is 0.111. The third-order valence-corrected chi connectivity index (χ3v) is 3.80. The highest BCUT2D eigenvalue weighted by Crippen LogP contribution is 2.23. The first-order valence-corrected chi connectivity index (χ1v) is 7.69. The third-order valence-electron chi connectivity index (χ3n) is 3.80. The molecule has 0 aliphatic carbocycles. The lowest BCUT2D eigenvalue weighted by Crippen LogP contribution is -2.23. The van der Waals surface area contributed by atoms with Crippen LogP contribution < -0.4 is 5.32 Å². The van der Waals surface area contributed by atoms with Crippen LogP contribution in [0.1, 0.15) is 21.6 Å². The van der Waals surface area contributed by atoms with E-state index in [4.69, 9.17) is 4.52 Å². The number of nitro benzene ring substituents is 1. The molecule has 0 aliphatic heterocycles. The highest BCUT2D eigenvalue weighted by Gasteiger charge is 2.16. The normalized spacial score (nSPS) is 10.5. The van der Waals surface area contributed by atoms with Gasteiger partial charge in [0.15, 0.2) is 5.76 Å². The Morgan fingerprint density at radius 3 is 2.77 bits per heavy atom. The number of carbonyl (C=O) groups excluding carboxylic acids is 1. The second-order valence-corrected chi connectivity index (χ2v) is 5.60. The van der Waals surface area contributed by atoms with Crippen LogP contribution in [0.2, 0.25) is 0 Å². The van der Waals surface area contributed by atoms with Gasteiger partial charge in [0.2, 0.25) is 0 Å². The van der Waals surface area contributed by atoms with Crippen LogP contribution in [0.3, 0.4) is 0 Å². The molecule has 1 amide bonds. The Balaban J connectivity index is 1.70. The van der Waals surface area contributed by atoms with Gasteiger partial charge in [-0.25, -0.2) is 4.39 Å².